The fourth-order valence-electron chi connectivity index (χ4n) is 5.49. The lowest BCUT2D eigenvalue weighted by Crippen LogP contribution is -2.41. The van der Waals surface area contributed by atoms with Crippen LogP contribution in [0.4, 0.5) is 29.6 Å². The maximum absolute atomic E-state index is 13.9. The molecule has 1 N–H and O–H groups in total. The van der Waals surface area contributed by atoms with Gasteiger partial charge < -0.3 is 19.7 Å². The van der Waals surface area contributed by atoms with Gasteiger partial charge in [-0.15, -0.1) is 0 Å². The summed E-state index contributed by atoms with van der Waals surface area (Å²) in [7, 11) is 0. The van der Waals surface area contributed by atoms with Gasteiger partial charge in [-0.3, -0.25) is 4.79 Å². The molecule has 1 saturated heterocycles. The van der Waals surface area contributed by atoms with Crippen LogP contribution in [0.3, 0.4) is 0 Å². The van der Waals surface area contributed by atoms with Crippen LogP contribution in [0.2, 0.25) is 0 Å². The summed E-state index contributed by atoms with van der Waals surface area (Å²) in [4.78, 5) is 34.7. The number of anilines is 2. The lowest BCUT2D eigenvalue weighted by atomic mass is 9.86. The van der Waals surface area contributed by atoms with Crippen LogP contribution in [0.15, 0.2) is 54.7 Å². The number of aromatic nitrogens is 2. The number of rotatable bonds is 8. The molecule has 2 aliphatic rings. The van der Waals surface area contributed by atoms with E-state index in [1.807, 2.05) is 45.0 Å². The number of ether oxygens (including phenoxy) is 2. The molecule has 2 aromatic carbocycles. The number of para-hydroxylation sites is 1. The Balaban J connectivity index is 1.23. The van der Waals surface area contributed by atoms with Crippen molar-refractivity contribution in [1.29, 1.82) is 0 Å². The Labute approximate surface area is 261 Å². The number of aryl methyl sites for hydroxylation is 2. The Kier molecular flexibility index (Phi) is 9.65. The van der Waals surface area contributed by atoms with E-state index in [-0.39, 0.29) is 48.4 Å². The third-order valence-electron chi connectivity index (χ3n) is 8.21. The SMILES string of the molecule is CC(C)(C)OC(=O)N1CCC(c2ccc(Nc3ncc(C(F)(F)F)c(CCc4ccccc4OC(=O)C4CCC4)n3)cc2)CC1. The van der Waals surface area contributed by atoms with Gasteiger partial charge in [0.15, 0.2) is 0 Å². The van der Waals surface area contributed by atoms with Crippen molar-refractivity contribution in [2.75, 3.05) is 18.4 Å². The molecule has 0 spiro atoms. The molecular formula is C34H39F3N4O4. The minimum Gasteiger partial charge on any atom is -0.444 e. The van der Waals surface area contributed by atoms with Gasteiger partial charge in [0.1, 0.15) is 11.4 Å². The maximum atomic E-state index is 13.9. The number of hydrogen-bond donors (Lipinski definition) is 1. The third-order valence-corrected chi connectivity index (χ3v) is 8.21. The highest BCUT2D eigenvalue weighted by Gasteiger charge is 2.35. The molecule has 2 heterocycles. The van der Waals surface area contributed by atoms with Crippen LogP contribution in [0.25, 0.3) is 0 Å². The van der Waals surface area contributed by atoms with Crippen LogP contribution < -0.4 is 10.1 Å². The van der Waals surface area contributed by atoms with E-state index >= 15 is 0 Å². The van der Waals surface area contributed by atoms with Crippen molar-refractivity contribution in [3.05, 3.63) is 77.1 Å². The maximum Gasteiger partial charge on any atom is 0.419 e. The van der Waals surface area contributed by atoms with E-state index in [9.17, 15) is 22.8 Å². The number of likely N-dealkylation sites (tertiary alicyclic amines) is 1. The Morgan fingerprint density at radius 1 is 0.956 bits per heavy atom. The number of esters is 1. The summed E-state index contributed by atoms with van der Waals surface area (Å²) in [6, 6.07) is 14.6. The molecule has 1 amide bonds. The zero-order valence-corrected chi connectivity index (χ0v) is 25.8. The molecule has 1 aromatic heterocycles. The largest absolute Gasteiger partial charge is 0.444 e. The highest BCUT2D eigenvalue weighted by Crippen LogP contribution is 2.34. The highest BCUT2D eigenvalue weighted by atomic mass is 19.4. The monoisotopic (exact) mass is 624 g/mol. The first-order valence-corrected chi connectivity index (χ1v) is 15.4. The zero-order chi connectivity index (χ0) is 32.2. The lowest BCUT2D eigenvalue weighted by Gasteiger charge is -2.33. The van der Waals surface area contributed by atoms with E-state index in [4.69, 9.17) is 9.47 Å². The molecule has 1 aliphatic heterocycles. The second kappa shape index (κ2) is 13.5. The van der Waals surface area contributed by atoms with E-state index in [1.54, 1.807) is 29.2 Å². The minimum atomic E-state index is -4.62. The molecule has 2 fully saturated rings. The molecule has 11 heteroatoms. The van der Waals surface area contributed by atoms with Crippen molar-refractivity contribution in [2.24, 2.45) is 5.92 Å². The van der Waals surface area contributed by atoms with Crippen LogP contribution in [-0.2, 0) is 28.5 Å². The fraction of sp³-hybridized carbons (Fsp3) is 0.471. The molecule has 240 valence electrons. The molecule has 5 rings (SSSR count). The van der Waals surface area contributed by atoms with Gasteiger partial charge in [0.05, 0.1) is 17.2 Å². The summed E-state index contributed by atoms with van der Waals surface area (Å²) < 4.78 is 52.7. The molecular weight excluding hydrogens is 585 g/mol. The predicted molar refractivity (Wildman–Crippen MR) is 163 cm³/mol. The summed E-state index contributed by atoms with van der Waals surface area (Å²) in [5, 5.41) is 3.03. The number of halogens is 3. The molecule has 0 radical (unpaired) electrons. The standard InChI is InChI=1S/C34H39F3N4O4/c1-33(2,3)45-32(43)41-19-17-23(18-20-41)22-11-14-26(15-12-22)39-31-38-21-27(34(35,36)37)28(40-31)16-13-24-7-4-5-10-29(24)44-30(42)25-8-6-9-25/h4-5,7,10-12,14-15,21,23,25H,6,8-9,13,16-20H2,1-3H3,(H,38,39,40). The van der Waals surface area contributed by atoms with Gasteiger partial charge in [0.25, 0.3) is 0 Å². The smallest absolute Gasteiger partial charge is 0.419 e. The number of carbonyl (C=O) groups is 2. The normalized spacial score (nSPS) is 16.2. The van der Waals surface area contributed by atoms with Crippen molar-refractivity contribution in [3.8, 4) is 5.75 Å². The van der Waals surface area contributed by atoms with Crippen molar-refractivity contribution in [2.45, 2.75) is 83.4 Å². The van der Waals surface area contributed by atoms with E-state index in [2.05, 4.69) is 15.3 Å². The summed E-state index contributed by atoms with van der Waals surface area (Å²) in [6.07, 6.45) is 0.265. The molecule has 8 nitrogen and oxygen atoms in total. The van der Waals surface area contributed by atoms with Crippen molar-refractivity contribution < 1.29 is 32.2 Å². The van der Waals surface area contributed by atoms with Gasteiger partial charge in [-0.25, -0.2) is 14.8 Å². The lowest BCUT2D eigenvalue weighted by molar-refractivity contribution is -0.141. The molecule has 3 aromatic rings. The Hall–Kier alpha value is -4.15. The zero-order valence-electron chi connectivity index (χ0n) is 25.8. The first kappa shape index (κ1) is 32.2. The summed E-state index contributed by atoms with van der Waals surface area (Å²) in [5.74, 6) is 0.293. The number of nitrogens with one attached hydrogen (secondary N) is 1. The molecule has 0 bridgehead atoms. The Morgan fingerprint density at radius 3 is 2.27 bits per heavy atom. The Morgan fingerprint density at radius 2 is 1.64 bits per heavy atom. The molecule has 1 saturated carbocycles. The average molecular weight is 625 g/mol. The molecule has 0 unspecified atom stereocenters. The number of amides is 1. The number of hydrogen-bond acceptors (Lipinski definition) is 7. The van der Waals surface area contributed by atoms with Crippen molar-refractivity contribution in [1.82, 2.24) is 14.9 Å². The number of benzene rings is 2. The summed E-state index contributed by atoms with van der Waals surface area (Å²) in [5.41, 5.74) is 0.821. The quantitative estimate of drug-likeness (QED) is 0.202. The van der Waals surface area contributed by atoms with Gasteiger partial charge in [-0.05, 0) is 94.5 Å². The van der Waals surface area contributed by atoms with Crippen LogP contribution in [0.1, 0.15) is 81.2 Å². The minimum absolute atomic E-state index is 0.0229. The van der Waals surface area contributed by atoms with Crippen LogP contribution in [0, 0.1) is 5.92 Å². The third kappa shape index (κ3) is 8.52. The predicted octanol–water partition coefficient (Wildman–Crippen LogP) is 7.84. The van der Waals surface area contributed by atoms with Crippen LogP contribution in [0.5, 0.6) is 5.75 Å². The van der Waals surface area contributed by atoms with Gasteiger partial charge >= 0.3 is 18.2 Å². The van der Waals surface area contributed by atoms with E-state index < -0.39 is 17.3 Å². The highest BCUT2D eigenvalue weighted by molar-refractivity contribution is 5.76. The first-order valence-electron chi connectivity index (χ1n) is 15.4. The average Bonchev–Trinajstić information content (AvgIpc) is 2.95. The number of carbonyl (C=O) groups excluding carboxylic acids is 2. The molecule has 0 atom stereocenters. The van der Waals surface area contributed by atoms with Crippen LogP contribution in [-0.4, -0.2) is 45.6 Å². The van der Waals surface area contributed by atoms with E-state index in [0.29, 0.717) is 30.1 Å². The van der Waals surface area contributed by atoms with Crippen LogP contribution >= 0.6 is 0 Å². The fourth-order valence-corrected chi connectivity index (χ4v) is 5.49. The van der Waals surface area contributed by atoms with Gasteiger partial charge in [-0.1, -0.05) is 36.8 Å². The number of alkyl halides is 3. The van der Waals surface area contributed by atoms with Gasteiger partial charge in [0.2, 0.25) is 5.95 Å². The van der Waals surface area contributed by atoms with Gasteiger partial charge in [-0.2, -0.15) is 13.2 Å². The topological polar surface area (TPSA) is 93.6 Å². The van der Waals surface area contributed by atoms with E-state index in [0.717, 1.165) is 43.9 Å². The summed E-state index contributed by atoms with van der Waals surface area (Å²) >= 11 is 0. The second-order valence-electron chi connectivity index (χ2n) is 12.7. The number of nitrogens with zero attached hydrogens (tertiary/aromatic N) is 3. The van der Waals surface area contributed by atoms with Crippen molar-refractivity contribution >= 4 is 23.7 Å². The molecule has 1 aliphatic carbocycles. The number of piperidine rings is 1. The Bertz CT molecular complexity index is 1490. The van der Waals surface area contributed by atoms with Crippen molar-refractivity contribution in [3.63, 3.8) is 0 Å². The van der Waals surface area contributed by atoms with E-state index in [1.165, 1.54) is 0 Å². The second-order valence-corrected chi connectivity index (χ2v) is 12.7. The molecule has 45 heavy (non-hydrogen) atoms. The first-order chi connectivity index (χ1) is 21.4. The summed E-state index contributed by atoms with van der Waals surface area (Å²) in [6.45, 7) is 6.76. The van der Waals surface area contributed by atoms with Gasteiger partial charge in [0, 0.05) is 25.0 Å².